The molecule has 0 saturated carbocycles. The summed E-state index contributed by atoms with van der Waals surface area (Å²) >= 11 is 4.87. The van der Waals surface area contributed by atoms with Gasteiger partial charge < -0.3 is 11.1 Å². The van der Waals surface area contributed by atoms with Crippen molar-refractivity contribution in [2.75, 3.05) is 5.32 Å². The molecule has 0 bridgehead atoms. The zero-order chi connectivity index (χ0) is 11.4. The van der Waals surface area contributed by atoms with Crippen molar-refractivity contribution in [2.24, 2.45) is 5.73 Å². The van der Waals surface area contributed by atoms with E-state index >= 15 is 0 Å². The predicted molar refractivity (Wildman–Crippen MR) is 69.8 cm³/mol. The maximum absolute atomic E-state index is 5.52. The summed E-state index contributed by atoms with van der Waals surface area (Å²) in [4.78, 5) is 4.59. The highest BCUT2D eigenvalue weighted by Gasteiger charge is 1.99. The lowest BCUT2D eigenvalue weighted by molar-refractivity contribution is 1.28. The number of pyridine rings is 1. The first-order valence-corrected chi connectivity index (χ1v) is 5.25. The maximum atomic E-state index is 5.52. The molecule has 0 radical (unpaired) electrons. The summed E-state index contributed by atoms with van der Waals surface area (Å²) < 4.78 is 0. The van der Waals surface area contributed by atoms with Crippen LogP contribution in [0.2, 0.25) is 0 Å². The van der Waals surface area contributed by atoms with Gasteiger partial charge in [-0.25, -0.2) is 4.98 Å². The quantitative estimate of drug-likeness (QED) is 0.794. The molecule has 1 heterocycles. The van der Waals surface area contributed by atoms with Crippen LogP contribution in [0.1, 0.15) is 5.69 Å². The smallest absolute Gasteiger partial charge is 0.131 e. The lowest BCUT2D eigenvalue weighted by Gasteiger charge is -2.06. The van der Waals surface area contributed by atoms with Gasteiger partial charge in [-0.2, -0.15) is 0 Å². The number of hydrogen-bond donors (Lipinski definition) is 2. The van der Waals surface area contributed by atoms with E-state index < -0.39 is 0 Å². The summed E-state index contributed by atoms with van der Waals surface area (Å²) in [6.07, 6.45) is 0. The molecule has 0 unspecified atom stereocenters. The molecule has 2 rings (SSSR count). The molecule has 16 heavy (non-hydrogen) atoms. The first-order chi connectivity index (χ1) is 7.75. The lowest BCUT2D eigenvalue weighted by Crippen LogP contribution is -2.12. The van der Waals surface area contributed by atoms with E-state index in [1.165, 1.54) is 0 Å². The van der Waals surface area contributed by atoms with Crippen LogP contribution in [0.5, 0.6) is 0 Å². The number of benzene rings is 1. The monoisotopic (exact) mass is 229 g/mol. The molecular formula is C12H11N3S. The predicted octanol–water partition coefficient (Wildman–Crippen LogP) is 2.46. The molecule has 80 valence electrons. The summed E-state index contributed by atoms with van der Waals surface area (Å²) in [7, 11) is 0. The Morgan fingerprint density at radius 3 is 2.50 bits per heavy atom. The van der Waals surface area contributed by atoms with Gasteiger partial charge in [-0.05, 0) is 24.3 Å². The van der Waals surface area contributed by atoms with Crippen LogP contribution in [0.4, 0.5) is 11.5 Å². The Labute approximate surface area is 99.3 Å². The fourth-order valence-electron chi connectivity index (χ4n) is 1.31. The van der Waals surface area contributed by atoms with E-state index in [2.05, 4.69) is 10.3 Å². The standard InChI is InChI=1S/C12H11N3S/c13-12(16)10-7-4-8-11(15-10)14-9-5-2-1-3-6-9/h1-8H,(H2,13,16)(H,14,15). The number of nitrogens with zero attached hydrogens (tertiary/aromatic N) is 1. The van der Waals surface area contributed by atoms with Crippen molar-refractivity contribution in [3.8, 4) is 0 Å². The average Bonchev–Trinajstić information content (AvgIpc) is 2.30. The zero-order valence-corrected chi connectivity index (χ0v) is 9.37. The zero-order valence-electron chi connectivity index (χ0n) is 8.55. The molecule has 2 aromatic rings. The third-order valence-corrected chi connectivity index (χ3v) is 2.26. The van der Waals surface area contributed by atoms with Gasteiger partial charge in [0.25, 0.3) is 0 Å². The minimum absolute atomic E-state index is 0.303. The molecule has 0 amide bonds. The topological polar surface area (TPSA) is 50.9 Å². The second-order valence-corrected chi connectivity index (χ2v) is 3.70. The number of anilines is 2. The molecule has 0 aliphatic heterocycles. The first-order valence-electron chi connectivity index (χ1n) is 4.84. The highest BCUT2D eigenvalue weighted by Crippen LogP contribution is 2.13. The molecule has 1 aromatic carbocycles. The average molecular weight is 229 g/mol. The van der Waals surface area contributed by atoms with Gasteiger partial charge in [-0.15, -0.1) is 0 Å². The number of rotatable bonds is 3. The largest absolute Gasteiger partial charge is 0.388 e. The SMILES string of the molecule is NC(=S)c1cccc(Nc2ccccc2)n1. The molecule has 4 heteroatoms. The van der Waals surface area contributed by atoms with Crippen LogP contribution in [0, 0.1) is 0 Å². The van der Waals surface area contributed by atoms with Gasteiger partial charge in [-0.1, -0.05) is 36.5 Å². The molecule has 0 fully saturated rings. The van der Waals surface area contributed by atoms with E-state index in [0.29, 0.717) is 10.7 Å². The minimum atomic E-state index is 0.303. The highest BCUT2D eigenvalue weighted by molar-refractivity contribution is 7.80. The van der Waals surface area contributed by atoms with Gasteiger partial charge in [0.2, 0.25) is 0 Å². The molecule has 0 spiro atoms. The van der Waals surface area contributed by atoms with Crippen molar-refractivity contribution in [1.82, 2.24) is 4.98 Å². The van der Waals surface area contributed by atoms with Crippen molar-refractivity contribution in [1.29, 1.82) is 0 Å². The maximum Gasteiger partial charge on any atom is 0.131 e. The van der Waals surface area contributed by atoms with Gasteiger partial charge in [0, 0.05) is 5.69 Å². The fraction of sp³-hybridized carbons (Fsp3) is 0. The van der Waals surface area contributed by atoms with Gasteiger partial charge in [0.05, 0.1) is 5.69 Å². The molecule has 0 aliphatic rings. The molecule has 3 nitrogen and oxygen atoms in total. The summed E-state index contributed by atoms with van der Waals surface area (Å²) in [5, 5.41) is 3.17. The Morgan fingerprint density at radius 1 is 1.06 bits per heavy atom. The fourth-order valence-corrected chi connectivity index (χ4v) is 1.42. The van der Waals surface area contributed by atoms with Crippen LogP contribution in [-0.4, -0.2) is 9.97 Å². The highest BCUT2D eigenvalue weighted by atomic mass is 32.1. The summed E-state index contributed by atoms with van der Waals surface area (Å²) in [5.41, 5.74) is 7.12. The van der Waals surface area contributed by atoms with E-state index in [4.69, 9.17) is 18.0 Å². The number of para-hydroxylation sites is 1. The van der Waals surface area contributed by atoms with Crippen LogP contribution in [-0.2, 0) is 0 Å². The van der Waals surface area contributed by atoms with Crippen molar-refractivity contribution < 1.29 is 0 Å². The Kier molecular flexibility index (Phi) is 3.12. The molecular weight excluding hydrogens is 218 g/mol. The number of hydrogen-bond acceptors (Lipinski definition) is 3. The number of nitrogens with two attached hydrogens (primary N) is 1. The van der Waals surface area contributed by atoms with Crippen LogP contribution in [0.3, 0.4) is 0 Å². The van der Waals surface area contributed by atoms with Gasteiger partial charge in [0.15, 0.2) is 0 Å². The number of thiocarbonyl (C=S) groups is 1. The Hall–Kier alpha value is -1.94. The molecule has 3 N–H and O–H groups in total. The van der Waals surface area contributed by atoms with Gasteiger partial charge in [-0.3, -0.25) is 0 Å². The Morgan fingerprint density at radius 2 is 1.81 bits per heavy atom. The second kappa shape index (κ2) is 4.72. The molecule has 0 atom stereocenters. The van der Waals surface area contributed by atoms with E-state index in [-0.39, 0.29) is 0 Å². The summed E-state index contributed by atoms with van der Waals surface area (Å²) in [6.45, 7) is 0. The van der Waals surface area contributed by atoms with Crippen molar-refractivity contribution in [2.45, 2.75) is 0 Å². The Bertz CT molecular complexity index is 497. The van der Waals surface area contributed by atoms with Crippen LogP contribution in [0.15, 0.2) is 48.5 Å². The van der Waals surface area contributed by atoms with E-state index in [1.807, 2.05) is 42.5 Å². The molecule has 1 aromatic heterocycles. The molecule has 0 aliphatic carbocycles. The van der Waals surface area contributed by atoms with Crippen molar-refractivity contribution in [3.05, 3.63) is 54.2 Å². The van der Waals surface area contributed by atoms with Crippen LogP contribution in [0.25, 0.3) is 0 Å². The van der Waals surface area contributed by atoms with Crippen molar-refractivity contribution in [3.63, 3.8) is 0 Å². The Balaban J connectivity index is 2.22. The van der Waals surface area contributed by atoms with E-state index in [1.54, 1.807) is 6.07 Å². The number of nitrogens with one attached hydrogen (secondary N) is 1. The first kappa shape index (κ1) is 10.6. The molecule has 0 saturated heterocycles. The summed E-state index contributed by atoms with van der Waals surface area (Å²) in [5.74, 6) is 0.733. The van der Waals surface area contributed by atoms with Crippen LogP contribution >= 0.6 is 12.2 Å². The normalized spacial score (nSPS) is 9.75. The third-order valence-electron chi connectivity index (χ3n) is 2.05. The number of aromatic nitrogens is 1. The van der Waals surface area contributed by atoms with E-state index in [9.17, 15) is 0 Å². The van der Waals surface area contributed by atoms with Crippen molar-refractivity contribution >= 4 is 28.7 Å². The van der Waals surface area contributed by atoms with Gasteiger partial charge in [0.1, 0.15) is 10.8 Å². The second-order valence-electron chi connectivity index (χ2n) is 3.26. The van der Waals surface area contributed by atoms with Gasteiger partial charge >= 0.3 is 0 Å². The summed E-state index contributed by atoms with van der Waals surface area (Å²) in [6, 6.07) is 15.3. The lowest BCUT2D eigenvalue weighted by atomic mass is 10.3. The van der Waals surface area contributed by atoms with E-state index in [0.717, 1.165) is 11.5 Å². The third kappa shape index (κ3) is 2.55. The minimum Gasteiger partial charge on any atom is -0.388 e. The van der Waals surface area contributed by atoms with Crippen LogP contribution < -0.4 is 11.1 Å².